The zero-order valence-electron chi connectivity index (χ0n) is 40.5. The second-order valence-corrected chi connectivity index (χ2v) is 22.4. The molecule has 0 saturated heterocycles. The van der Waals surface area contributed by atoms with Crippen LogP contribution in [0.2, 0.25) is 0 Å². The minimum Gasteiger partial charge on any atom is -0.355 e. The van der Waals surface area contributed by atoms with Crippen molar-refractivity contribution in [2.45, 2.75) is 110 Å². The van der Waals surface area contributed by atoms with Crippen LogP contribution in [-0.4, -0.2) is 7.28 Å². The molecule has 1 N–H and O–H groups in total. The molecule has 0 atom stereocenters. The average molecular weight is 859 g/mol. The summed E-state index contributed by atoms with van der Waals surface area (Å²) >= 11 is 0. The second-order valence-electron chi connectivity index (χ2n) is 22.4. The Hall–Kier alpha value is -6.32. The van der Waals surface area contributed by atoms with Gasteiger partial charge in [0, 0.05) is 39.4 Å². The number of fused-ring (bicyclic) bond motifs is 6. The number of hydrogen-bond donors (Lipinski definition) is 1. The van der Waals surface area contributed by atoms with Gasteiger partial charge in [0.25, 0.3) is 0 Å². The van der Waals surface area contributed by atoms with Gasteiger partial charge in [-0.15, -0.1) is 0 Å². The number of anilines is 5. The summed E-state index contributed by atoms with van der Waals surface area (Å²) in [4.78, 5) is 2.68. The van der Waals surface area contributed by atoms with Gasteiger partial charge in [-0.05, 0) is 163 Å². The van der Waals surface area contributed by atoms with Crippen molar-refractivity contribution >= 4 is 57.4 Å². The van der Waals surface area contributed by atoms with E-state index in [9.17, 15) is 0 Å². The maximum atomic E-state index is 4.05. The maximum absolute atomic E-state index is 4.05. The van der Waals surface area contributed by atoms with E-state index in [-0.39, 0.29) is 21.7 Å². The molecule has 0 unspecified atom stereocenters. The minimum atomic E-state index is 0.0413. The standard InChI is InChI=1S/C63H63BN2/c1-40-34-50-53(63(8,9)33-30-60(50,2)3)39-56(40)66-57-36-44(42-20-14-11-15-21-42)26-29-54(57)64-58-49(35-45-22-16-17-23-47(45)59(58)66)48-37-51-52(62(6,7)32-31-61(51,4)5)38-55(48)65-46-27-24-43(25-28-46)41-18-12-10-13-19-41/h10-29,34-39,64-65H,30-33H2,1-9H3. The van der Waals surface area contributed by atoms with Crippen molar-refractivity contribution in [1.29, 1.82) is 0 Å². The first-order valence-corrected chi connectivity index (χ1v) is 24.4. The quantitative estimate of drug-likeness (QED) is 0.168. The first kappa shape index (κ1) is 42.3. The molecule has 66 heavy (non-hydrogen) atoms. The van der Waals surface area contributed by atoms with Crippen molar-refractivity contribution in [3.63, 3.8) is 0 Å². The normalized spacial score (nSPS) is 17.2. The topological polar surface area (TPSA) is 15.3 Å². The van der Waals surface area contributed by atoms with Gasteiger partial charge in [-0.3, -0.25) is 0 Å². The van der Waals surface area contributed by atoms with Gasteiger partial charge < -0.3 is 10.2 Å². The fourth-order valence-electron chi connectivity index (χ4n) is 11.8. The van der Waals surface area contributed by atoms with Gasteiger partial charge in [-0.25, -0.2) is 0 Å². The molecule has 0 bridgehead atoms. The summed E-state index contributed by atoms with van der Waals surface area (Å²) in [5, 5.41) is 6.60. The lowest BCUT2D eigenvalue weighted by atomic mass is 9.57. The Labute approximate surface area is 394 Å². The van der Waals surface area contributed by atoms with E-state index in [2.05, 4.69) is 230 Å². The number of benzene rings is 8. The summed E-state index contributed by atoms with van der Waals surface area (Å²) < 4.78 is 0. The summed E-state index contributed by atoms with van der Waals surface area (Å²) in [5.74, 6) is 0. The third kappa shape index (κ3) is 7.09. The van der Waals surface area contributed by atoms with Crippen LogP contribution in [0.1, 0.15) is 109 Å². The highest BCUT2D eigenvalue weighted by atomic mass is 15.2. The van der Waals surface area contributed by atoms with Crippen LogP contribution in [0.3, 0.4) is 0 Å². The van der Waals surface area contributed by atoms with E-state index >= 15 is 0 Å². The van der Waals surface area contributed by atoms with E-state index in [0.717, 1.165) is 31.5 Å². The summed E-state index contributed by atoms with van der Waals surface area (Å²) in [6.45, 7) is 22.0. The maximum Gasteiger partial charge on any atom is 0.198 e. The van der Waals surface area contributed by atoms with Crippen LogP contribution in [0.5, 0.6) is 0 Å². The molecule has 8 aromatic rings. The van der Waals surface area contributed by atoms with Crippen LogP contribution < -0.4 is 21.1 Å². The van der Waals surface area contributed by atoms with Crippen molar-refractivity contribution in [3.05, 3.63) is 186 Å². The Kier molecular flexibility index (Phi) is 9.86. The van der Waals surface area contributed by atoms with E-state index in [1.54, 1.807) is 0 Å². The average Bonchev–Trinajstić information content (AvgIpc) is 3.31. The molecule has 3 aliphatic rings. The molecule has 1 aliphatic heterocycles. The number of aryl methyl sites for hydroxylation is 1. The molecule has 328 valence electrons. The zero-order chi connectivity index (χ0) is 45.8. The molecule has 0 aromatic heterocycles. The highest BCUT2D eigenvalue weighted by Gasteiger charge is 2.41. The summed E-state index contributed by atoms with van der Waals surface area (Å²) in [6, 6.07) is 59.8. The van der Waals surface area contributed by atoms with Crippen LogP contribution in [-0.2, 0) is 21.7 Å². The second kappa shape index (κ2) is 15.4. The Bertz CT molecular complexity index is 3190. The van der Waals surface area contributed by atoms with E-state index in [4.69, 9.17) is 0 Å². The molecule has 0 spiro atoms. The molecule has 11 rings (SSSR count). The zero-order valence-corrected chi connectivity index (χ0v) is 40.5. The lowest BCUT2D eigenvalue weighted by Gasteiger charge is -2.44. The predicted octanol–water partition coefficient (Wildman–Crippen LogP) is 15.8. The van der Waals surface area contributed by atoms with Crippen molar-refractivity contribution in [2.24, 2.45) is 0 Å². The molecule has 0 radical (unpaired) electrons. The first-order valence-electron chi connectivity index (χ1n) is 24.4. The molecule has 0 amide bonds. The summed E-state index contributed by atoms with van der Waals surface area (Å²) in [7, 11) is 0.829. The first-order chi connectivity index (χ1) is 31.6. The van der Waals surface area contributed by atoms with Crippen molar-refractivity contribution in [2.75, 3.05) is 10.2 Å². The van der Waals surface area contributed by atoms with Gasteiger partial charge in [0.05, 0.1) is 0 Å². The van der Waals surface area contributed by atoms with Crippen LogP contribution in [0, 0.1) is 6.92 Å². The summed E-state index contributed by atoms with van der Waals surface area (Å²) in [5.41, 5.74) is 23.8. The number of nitrogens with zero attached hydrogens (tertiary/aromatic N) is 1. The van der Waals surface area contributed by atoms with Crippen molar-refractivity contribution in [3.8, 4) is 33.4 Å². The lowest BCUT2D eigenvalue weighted by Crippen LogP contribution is -2.42. The molecule has 8 aromatic carbocycles. The lowest BCUT2D eigenvalue weighted by molar-refractivity contribution is 0.332. The van der Waals surface area contributed by atoms with Gasteiger partial charge in [0.2, 0.25) is 0 Å². The molecule has 0 saturated carbocycles. The summed E-state index contributed by atoms with van der Waals surface area (Å²) in [6.07, 6.45) is 4.68. The van der Waals surface area contributed by atoms with Gasteiger partial charge in [-0.1, -0.05) is 176 Å². The highest BCUT2D eigenvalue weighted by molar-refractivity contribution is 6.74. The van der Waals surface area contributed by atoms with Crippen molar-refractivity contribution < 1.29 is 0 Å². The van der Waals surface area contributed by atoms with E-state index in [1.807, 2.05) is 0 Å². The SMILES string of the molecule is Cc1cc2c(cc1N1c3cc(-c4ccccc4)ccc3Bc3c(-c4cc5c(cc4Nc4ccc(-c6ccccc6)cc4)C(C)(C)CCC5(C)C)cc4ccccc4c31)C(C)(C)CCC2(C)C. The highest BCUT2D eigenvalue weighted by Crippen LogP contribution is 2.53. The molecule has 3 heteroatoms. The van der Waals surface area contributed by atoms with Gasteiger partial charge in [0.1, 0.15) is 0 Å². The van der Waals surface area contributed by atoms with Crippen LogP contribution >= 0.6 is 0 Å². The Morgan fingerprint density at radius 2 is 0.970 bits per heavy atom. The van der Waals surface area contributed by atoms with Gasteiger partial charge >= 0.3 is 0 Å². The number of nitrogens with one attached hydrogen (secondary N) is 1. The van der Waals surface area contributed by atoms with Crippen molar-refractivity contribution in [1.82, 2.24) is 0 Å². The Morgan fingerprint density at radius 3 is 1.61 bits per heavy atom. The number of hydrogen-bond acceptors (Lipinski definition) is 2. The predicted molar refractivity (Wildman–Crippen MR) is 286 cm³/mol. The fourth-order valence-corrected chi connectivity index (χ4v) is 11.8. The minimum absolute atomic E-state index is 0.0413. The van der Waals surface area contributed by atoms with E-state index < -0.39 is 0 Å². The molecule has 1 heterocycles. The molecule has 2 aliphatic carbocycles. The van der Waals surface area contributed by atoms with E-state index in [1.165, 1.54) is 113 Å². The van der Waals surface area contributed by atoms with E-state index in [0.29, 0.717) is 0 Å². The van der Waals surface area contributed by atoms with Crippen LogP contribution in [0.4, 0.5) is 28.4 Å². The molecular formula is C63H63BN2. The van der Waals surface area contributed by atoms with Gasteiger partial charge in [0.15, 0.2) is 7.28 Å². The fraction of sp³-hybridized carbons (Fsp3) is 0.270. The Morgan fingerprint density at radius 1 is 0.455 bits per heavy atom. The molecule has 2 nitrogen and oxygen atoms in total. The molecule has 0 fully saturated rings. The third-order valence-electron chi connectivity index (χ3n) is 16.1. The third-order valence-corrected chi connectivity index (χ3v) is 16.1. The number of rotatable bonds is 6. The molecular weight excluding hydrogens is 796 g/mol. The smallest absolute Gasteiger partial charge is 0.198 e. The van der Waals surface area contributed by atoms with Gasteiger partial charge in [-0.2, -0.15) is 0 Å². The largest absolute Gasteiger partial charge is 0.355 e. The monoisotopic (exact) mass is 859 g/mol. The van der Waals surface area contributed by atoms with Crippen LogP contribution in [0.15, 0.2) is 158 Å². The Balaban J connectivity index is 1.19. The van der Waals surface area contributed by atoms with Crippen LogP contribution in [0.25, 0.3) is 44.2 Å².